The summed E-state index contributed by atoms with van der Waals surface area (Å²) in [6.45, 7) is 0.981. The van der Waals surface area contributed by atoms with Crippen molar-refractivity contribution in [2.75, 3.05) is 25.1 Å². The number of nitro groups is 1. The third-order valence-electron chi connectivity index (χ3n) is 3.15. The maximum atomic E-state index is 10.9. The van der Waals surface area contributed by atoms with E-state index in [4.69, 9.17) is 4.74 Å². The van der Waals surface area contributed by atoms with Gasteiger partial charge in [-0.2, -0.15) is 0 Å². The van der Waals surface area contributed by atoms with Crippen molar-refractivity contribution in [3.05, 3.63) is 28.6 Å². The van der Waals surface area contributed by atoms with Crippen LogP contribution in [0.25, 0.3) is 0 Å². The Kier molecular flexibility index (Phi) is 3.73. The summed E-state index contributed by atoms with van der Waals surface area (Å²) in [7, 11) is 0. The van der Waals surface area contributed by atoms with Crippen LogP contribution in [0.3, 0.4) is 0 Å². The molecule has 1 aromatic heterocycles. The Hall–Kier alpha value is -1.73. The molecule has 0 bridgehead atoms. The van der Waals surface area contributed by atoms with Crippen LogP contribution >= 0.6 is 0 Å². The molecule has 0 unspecified atom stereocenters. The predicted octanol–water partition coefficient (Wildman–Crippen LogP) is 0.943. The number of aliphatic hydroxyl groups excluding tert-OH is 1. The Labute approximate surface area is 104 Å². The summed E-state index contributed by atoms with van der Waals surface area (Å²) in [6.07, 6.45) is 3.92. The highest BCUT2D eigenvalue weighted by Gasteiger charge is 2.33. The molecule has 18 heavy (non-hydrogen) atoms. The number of rotatable bonds is 4. The van der Waals surface area contributed by atoms with E-state index < -0.39 is 10.5 Å². The van der Waals surface area contributed by atoms with Crippen LogP contribution in [0.4, 0.5) is 11.4 Å². The molecular formula is C11H15N3O4. The molecule has 0 radical (unpaired) electrons. The second kappa shape index (κ2) is 5.28. The van der Waals surface area contributed by atoms with Crippen molar-refractivity contribution in [3.8, 4) is 0 Å². The molecule has 0 aliphatic carbocycles. The fraction of sp³-hybridized carbons (Fsp3) is 0.545. The van der Waals surface area contributed by atoms with E-state index in [1.165, 1.54) is 12.4 Å². The van der Waals surface area contributed by atoms with E-state index in [0.29, 0.717) is 31.7 Å². The topological polar surface area (TPSA) is 97.5 Å². The Balaban J connectivity index is 2.24. The number of nitrogens with zero attached hydrogens (tertiary/aromatic N) is 2. The van der Waals surface area contributed by atoms with Crippen LogP contribution in [-0.4, -0.2) is 40.4 Å². The first kappa shape index (κ1) is 12.7. The molecule has 0 saturated carbocycles. The Bertz CT molecular complexity index is 432. The van der Waals surface area contributed by atoms with Crippen LogP contribution in [0.1, 0.15) is 12.8 Å². The molecule has 2 N–H and O–H groups in total. The van der Waals surface area contributed by atoms with Crippen LogP contribution in [0.5, 0.6) is 0 Å². The quantitative estimate of drug-likeness (QED) is 0.612. The molecule has 2 heterocycles. The van der Waals surface area contributed by atoms with Crippen LogP contribution in [0.2, 0.25) is 0 Å². The molecule has 0 spiro atoms. The number of aromatic nitrogens is 1. The van der Waals surface area contributed by atoms with Crippen molar-refractivity contribution < 1.29 is 14.8 Å². The summed E-state index contributed by atoms with van der Waals surface area (Å²) in [5.74, 6) is 0. The number of pyridine rings is 1. The third-order valence-corrected chi connectivity index (χ3v) is 3.15. The third kappa shape index (κ3) is 2.57. The van der Waals surface area contributed by atoms with Gasteiger partial charge in [0.25, 0.3) is 0 Å². The smallest absolute Gasteiger partial charge is 0.310 e. The first-order valence-electron chi connectivity index (χ1n) is 5.72. The lowest BCUT2D eigenvalue weighted by atomic mass is 9.90. The second-order valence-electron chi connectivity index (χ2n) is 4.33. The van der Waals surface area contributed by atoms with E-state index >= 15 is 0 Å². The van der Waals surface area contributed by atoms with Crippen molar-refractivity contribution in [1.29, 1.82) is 0 Å². The van der Waals surface area contributed by atoms with Crippen molar-refractivity contribution in [3.63, 3.8) is 0 Å². The van der Waals surface area contributed by atoms with E-state index in [9.17, 15) is 15.2 Å². The highest BCUT2D eigenvalue weighted by Crippen LogP contribution is 2.30. The largest absolute Gasteiger partial charge is 0.394 e. The summed E-state index contributed by atoms with van der Waals surface area (Å²) < 4.78 is 5.24. The zero-order valence-electron chi connectivity index (χ0n) is 9.83. The van der Waals surface area contributed by atoms with Gasteiger partial charge in [-0.3, -0.25) is 15.1 Å². The SMILES string of the molecule is O=[N+]([O-])c1cnccc1NC1(CO)CCOCC1. The van der Waals surface area contributed by atoms with Crippen molar-refractivity contribution >= 4 is 11.4 Å². The molecule has 7 nitrogen and oxygen atoms in total. The average Bonchev–Trinajstić information content (AvgIpc) is 2.40. The summed E-state index contributed by atoms with van der Waals surface area (Å²) in [4.78, 5) is 14.1. The molecule has 1 aliphatic rings. The molecule has 2 rings (SSSR count). The van der Waals surface area contributed by atoms with Gasteiger partial charge in [0.1, 0.15) is 11.9 Å². The van der Waals surface area contributed by atoms with Gasteiger partial charge < -0.3 is 15.2 Å². The molecule has 0 atom stereocenters. The fourth-order valence-electron chi connectivity index (χ4n) is 2.01. The number of ether oxygens (including phenoxy) is 1. The number of hydrogen-bond acceptors (Lipinski definition) is 6. The first-order valence-corrected chi connectivity index (χ1v) is 5.72. The Morgan fingerprint density at radius 2 is 2.28 bits per heavy atom. The van der Waals surface area contributed by atoms with Gasteiger partial charge in [0.05, 0.1) is 17.1 Å². The number of hydrogen-bond donors (Lipinski definition) is 2. The number of nitrogens with one attached hydrogen (secondary N) is 1. The maximum Gasteiger partial charge on any atom is 0.310 e. The van der Waals surface area contributed by atoms with Gasteiger partial charge in [-0.05, 0) is 18.9 Å². The highest BCUT2D eigenvalue weighted by atomic mass is 16.6. The first-order chi connectivity index (χ1) is 8.67. The van der Waals surface area contributed by atoms with Gasteiger partial charge >= 0.3 is 5.69 Å². The van der Waals surface area contributed by atoms with Gasteiger partial charge in [-0.25, -0.2) is 0 Å². The predicted molar refractivity (Wildman–Crippen MR) is 64.4 cm³/mol. The van der Waals surface area contributed by atoms with E-state index in [2.05, 4.69) is 10.3 Å². The van der Waals surface area contributed by atoms with Gasteiger partial charge in [0.2, 0.25) is 0 Å². The second-order valence-corrected chi connectivity index (χ2v) is 4.33. The lowest BCUT2D eigenvalue weighted by Crippen LogP contribution is -2.47. The summed E-state index contributed by atoms with van der Waals surface area (Å²) >= 11 is 0. The van der Waals surface area contributed by atoms with Crippen LogP contribution in [0, 0.1) is 10.1 Å². The van der Waals surface area contributed by atoms with Crippen molar-refractivity contribution in [2.24, 2.45) is 0 Å². The van der Waals surface area contributed by atoms with Gasteiger partial charge in [0, 0.05) is 19.4 Å². The minimum atomic E-state index is -0.551. The van der Waals surface area contributed by atoms with Gasteiger partial charge in [0.15, 0.2) is 0 Å². The molecule has 1 aliphatic heterocycles. The summed E-state index contributed by atoms with van der Waals surface area (Å²) in [6, 6.07) is 1.55. The molecule has 0 aromatic carbocycles. The van der Waals surface area contributed by atoms with E-state index in [1.54, 1.807) is 6.07 Å². The lowest BCUT2D eigenvalue weighted by molar-refractivity contribution is -0.384. The molecule has 1 saturated heterocycles. The summed E-state index contributed by atoms with van der Waals surface area (Å²) in [5.41, 5.74) is -0.257. The zero-order chi connectivity index (χ0) is 13.0. The fourth-order valence-corrected chi connectivity index (χ4v) is 2.01. The van der Waals surface area contributed by atoms with Crippen LogP contribution in [-0.2, 0) is 4.74 Å². The number of aliphatic hydroxyl groups is 1. The standard InChI is InChI=1S/C11H15N3O4/c15-8-11(2-5-18-6-3-11)13-9-1-4-12-7-10(9)14(16)17/h1,4,7,15H,2-3,5-6,8H2,(H,12,13). The van der Waals surface area contributed by atoms with Gasteiger partial charge in [-0.1, -0.05) is 0 Å². The van der Waals surface area contributed by atoms with Crippen molar-refractivity contribution in [2.45, 2.75) is 18.4 Å². The van der Waals surface area contributed by atoms with Crippen LogP contribution < -0.4 is 5.32 Å². The Morgan fingerprint density at radius 1 is 1.56 bits per heavy atom. The zero-order valence-corrected chi connectivity index (χ0v) is 9.83. The minimum absolute atomic E-state index is 0.0863. The normalized spacial score (nSPS) is 18.3. The number of anilines is 1. The molecule has 98 valence electrons. The summed E-state index contributed by atoms with van der Waals surface area (Å²) in [5, 5.41) is 23.5. The average molecular weight is 253 g/mol. The van der Waals surface area contributed by atoms with Crippen LogP contribution in [0.15, 0.2) is 18.5 Å². The molecule has 0 amide bonds. The molecule has 1 fully saturated rings. The van der Waals surface area contributed by atoms with E-state index in [-0.39, 0.29) is 12.3 Å². The minimum Gasteiger partial charge on any atom is -0.394 e. The highest BCUT2D eigenvalue weighted by molar-refractivity contribution is 5.61. The van der Waals surface area contributed by atoms with E-state index in [0.717, 1.165) is 0 Å². The Morgan fingerprint density at radius 3 is 2.89 bits per heavy atom. The molecular weight excluding hydrogens is 238 g/mol. The monoisotopic (exact) mass is 253 g/mol. The molecule has 1 aromatic rings. The van der Waals surface area contributed by atoms with Gasteiger partial charge in [-0.15, -0.1) is 0 Å². The van der Waals surface area contributed by atoms with E-state index in [1.807, 2.05) is 0 Å². The van der Waals surface area contributed by atoms with Crippen molar-refractivity contribution in [1.82, 2.24) is 4.98 Å². The maximum absolute atomic E-state index is 10.9. The molecule has 7 heteroatoms. The lowest BCUT2D eigenvalue weighted by Gasteiger charge is -2.36.